The van der Waals surface area contributed by atoms with Gasteiger partial charge in [-0.1, -0.05) is 48.6 Å². The Bertz CT molecular complexity index is 1380. The van der Waals surface area contributed by atoms with Gasteiger partial charge in [0.05, 0.1) is 0 Å². The predicted molar refractivity (Wildman–Crippen MR) is 129 cm³/mol. The molecule has 3 heterocycles. The first-order valence-electron chi connectivity index (χ1n) is 10.9. The van der Waals surface area contributed by atoms with E-state index in [-0.39, 0.29) is 17.2 Å². The van der Waals surface area contributed by atoms with Gasteiger partial charge in [0.1, 0.15) is 5.52 Å². The number of allylic oxidation sites excluding steroid dienone is 2. The number of aromatic nitrogens is 2. The summed E-state index contributed by atoms with van der Waals surface area (Å²) >= 11 is 0. The van der Waals surface area contributed by atoms with Gasteiger partial charge in [-0.2, -0.15) is 0 Å². The van der Waals surface area contributed by atoms with E-state index in [2.05, 4.69) is 39.1 Å². The van der Waals surface area contributed by atoms with Crippen molar-refractivity contribution in [3.63, 3.8) is 0 Å². The van der Waals surface area contributed by atoms with Crippen molar-refractivity contribution < 1.29 is 9.90 Å². The van der Waals surface area contributed by atoms with E-state index in [1.807, 2.05) is 54.8 Å². The van der Waals surface area contributed by atoms with Crippen molar-refractivity contribution in [2.75, 3.05) is 6.54 Å². The lowest BCUT2D eigenvalue weighted by Crippen LogP contribution is -2.18. The Hall–Kier alpha value is -4.25. The number of benzene rings is 2. The summed E-state index contributed by atoms with van der Waals surface area (Å²) in [5, 5.41) is 11.4. The fourth-order valence-electron chi connectivity index (χ4n) is 4.11. The minimum absolute atomic E-state index is 0.0183. The van der Waals surface area contributed by atoms with E-state index in [0.717, 1.165) is 17.7 Å². The highest BCUT2D eigenvalue weighted by Crippen LogP contribution is 2.27. The van der Waals surface area contributed by atoms with Crippen molar-refractivity contribution in [2.45, 2.75) is 13.0 Å². The molecule has 0 atom stereocenters. The lowest BCUT2D eigenvalue weighted by molar-refractivity contribution is 0.103. The molecule has 0 unspecified atom stereocenters. The highest BCUT2D eigenvalue weighted by atomic mass is 16.3. The van der Waals surface area contributed by atoms with Crippen LogP contribution in [0.3, 0.4) is 0 Å². The van der Waals surface area contributed by atoms with E-state index in [1.54, 1.807) is 18.5 Å². The molecule has 5 heteroatoms. The molecule has 162 valence electrons. The van der Waals surface area contributed by atoms with Gasteiger partial charge in [0, 0.05) is 36.4 Å². The lowest BCUT2D eigenvalue weighted by Gasteiger charge is -2.21. The molecule has 33 heavy (non-hydrogen) atoms. The molecule has 0 saturated heterocycles. The molecule has 4 aromatic rings. The van der Waals surface area contributed by atoms with Gasteiger partial charge in [-0.3, -0.25) is 9.78 Å². The number of ketones is 1. The van der Waals surface area contributed by atoms with Crippen molar-refractivity contribution in [2.24, 2.45) is 0 Å². The van der Waals surface area contributed by atoms with E-state index in [0.29, 0.717) is 29.4 Å². The highest BCUT2D eigenvalue weighted by molar-refractivity contribution is 6.11. The maximum absolute atomic E-state index is 13.5. The standard InChI is InChI=1S/C28H23N3O2/c32-27(26-28(33)25-23(18-30-26)10-7-11-29-25)24-16-21(14-20-8-3-1-4-9-20)15-22(17-24)19-31-12-5-2-6-13-31/h1-12,15-18,33H,13-14,19H2. The Kier molecular flexibility index (Phi) is 5.68. The topological polar surface area (TPSA) is 66.3 Å². The Labute approximate surface area is 192 Å². The normalized spacial score (nSPS) is 12.9. The molecule has 2 aromatic carbocycles. The molecule has 0 fully saturated rings. The second kappa shape index (κ2) is 9.09. The molecule has 0 radical (unpaired) electrons. The third kappa shape index (κ3) is 4.53. The fraction of sp³-hybridized carbons (Fsp3) is 0.107. The van der Waals surface area contributed by atoms with Gasteiger partial charge in [0.25, 0.3) is 0 Å². The number of rotatable bonds is 6. The number of fused-ring (bicyclic) bond motifs is 1. The summed E-state index contributed by atoms with van der Waals surface area (Å²) in [5.74, 6) is -0.498. The predicted octanol–water partition coefficient (Wildman–Crippen LogP) is 5.04. The van der Waals surface area contributed by atoms with Crippen LogP contribution in [-0.2, 0) is 13.0 Å². The molecule has 1 N–H and O–H groups in total. The van der Waals surface area contributed by atoms with Crippen LogP contribution in [0.2, 0.25) is 0 Å². The number of aromatic hydroxyl groups is 1. The van der Waals surface area contributed by atoms with E-state index < -0.39 is 0 Å². The van der Waals surface area contributed by atoms with Gasteiger partial charge in [-0.25, -0.2) is 4.98 Å². The van der Waals surface area contributed by atoms with E-state index in [1.165, 1.54) is 5.56 Å². The largest absolute Gasteiger partial charge is 0.504 e. The molecule has 0 bridgehead atoms. The van der Waals surface area contributed by atoms with Crippen LogP contribution in [0.5, 0.6) is 5.75 Å². The third-order valence-corrected chi connectivity index (χ3v) is 5.67. The van der Waals surface area contributed by atoms with Gasteiger partial charge >= 0.3 is 0 Å². The molecule has 0 spiro atoms. The van der Waals surface area contributed by atoms with Crippen LogP contribution in [0.15, 0.2) is 97.5 Å². The summed E-state index contributed by atoms with van der Waals surface area (Å²) in [6.45, 7) is 1.50. The monoisotopic (exact) mass is 433 g/mol. The summed E-state index contributed by atoms with van der Waals surface area (Å²) in [7, 11) is 0. The van der Waals surface area contributed by atoms with Crippen LogP contribution in [0, 0.1) is 0 Å². The first-order valence-corrected chi connectivity index (χ1v) is 10.9. The summed E-state index contributed by atoms with van der Waals surface area (Å²) in [6, 6.07) is 19.7. The Balaban J connectivity index is 1.53. The third-order valence-electron chi connectivity index (χ3n) is 5.67. The zero-order valence-electron chi connectivity index (χ0n) is 18.1. The second-order valence-corrected chi connectivity index (χ2v) is 8.13. The zero-order chi connectivity index (χ0) is 22.6. The average Bonchev–Trinajstić information content (AvgIpc) is 2.85. The van der Waals surface area contributed by atoms with E-state index >= 15 is 0 Å². The van der Waals surface area contributed by atoms with Crippen LogP contribution in [0.1, 0.15) is 32.7 Å². The summed E-state index contributed by atoms with van der Waals surface area (Å²) in [5.41, 5.74) is 4.14. The molecular formula is C28H23N3O2. The average molecular weight is 434 g/mol. The van der Waals surface area contributed by atoms with Gasteiger partial charge < -0.3 is 10.0 Å². The number of carbonyl (C=O) groups excluding carboxylic acids is 1. The Morgan fingerprint density at radius 3 is 2.61 bits per heavy atom. The van der Waals surface area contributed by atoms with Crippen molar-refractivity contribution in [1.29, 1.82) is 0 Å². The first kappa shape index (κ1) is 20.6. The number of nitrogens with zero attached hydrogens (tertiary/aromatic N) is 3. The first-order chi connectivity index (χ1) is 16.2. The molecular weight excluding hydrogens is 410 g/mol. The highest BCUT2D eigenvalue weighted by Gasteiger charge is 2.20. The van der Waals surface area contributed by atoms with E-state index in [4.69, 9.17) is 0 Å². The fourth-order valence-corrected chi connectivity index (χ4v) is 4.11. The smallest absolute Gasteiger partial charge is 0.215 e. The number of hydrogen-bond donors (Lipinski definition) is 1. The SMILES string of the molecule is O=C(c1cc(Cc2ccccc2)cc(CN2C=CC=CC2)c1)c1ncc2cccnc2c1O. The van der Waals surface area contributed by atoms with Gasteiger partial charge in [0.15, 0.2) is 11.4 Å². The van der Waals surface area contributed by atoms with Crippen molar-refractivity contribution in [3.05, 3.63) is 125 Å². The molecule has 0 saturated carbocycles. The summed E-state index contributed by atoms with van der Waals surface area (Å²) < 4.78 is 0. The van der Waals surface area contributed by atoms with Gasteiger partial charge in [-0.05, 0) is 59.7 Å². The lowest BCUT2D eigenvalue weighted by atomic mass is 9.96. The number of pyridine rings is 2. The second-order valence-electron chi connectivity index (χ2n) is 8.13. The van der Waals surface area contributed by atoms with Crippen LogP contribution in [0.25, 0.3) is 10.9 Å². The van der Waals surface area contributed by atoms with Crippen molar-refractivity contribution >= 4 is 16.7 Å². The summed E-state index contributed by atoms with van der Waals surface area (Å²) in [6.07, 6.45) is 12.1. The van der Waals surface area contributed by atoms with Crippen LogP contribution >= 0.6 is 0 Å². The Morgan fingerprint density at radius 1 is 0.939 bits per heavy atom. The molecule has 0 amide bonds. The molecule has 1 aliphatic rings. The van der Waals surface area contributed by atoms with Crippen molar-refractivity contribution in [3.8, 4) is 5.75 Å². The van der Waals surface area contributed by atoms with Gasteiger partial charge in [0.2, 0.25) is 5.78 Å². The molecule has 1 aliphatic heterocycles. The van der Waals surface area contributed by atoms with Crippen molar-refractivity contribution in [1.82, 2.24) is 14.9 Å². The number of carbonyl (C=O) groups is 1. The Morgan fingerprint density at radius 2 is 1.79 bits per heavy atom. The maximum atomic E-state index is 13.5. The van der Waals surface area contributed by atoms with Crippen LogP contribution < -0.4 is 0 Å². The maximum Gasteiger partial charge on any atom is 0.215 e. The van der Waals surface area contributed by atoms with Crippen LogP contribution in [-0.4, -0.2) is 32.3 Å². The van der Waals surface area contributed by atoms with Gasteiger partial charge in [-0.15, -0.1) is 0 Å². The van der Waals surface area contributed by atoms with Crippen LogP contribution in [0.4, 0.5) is 0 Å². The van der Waals surface area contributed by atoms with E-state index in [9.17, 15) is 9.90 Å². The molecule has 5 rings (SSSR count). The minimum Gasteiger partial charge on any atom is -0.504 e. The quantitative estimate of drug-likeness (QED) is 0.432. The molecule has 0 aliphatic carbocycles. The minimum atomic E-state index is -0.315. The number of hydrogen-bond acceptors (Lipinski definition) is 5. The molecule has 5 nitrogen and oxygen atoms in total. The summed E-state index contributed by atoms with van der Waals surface area (Å²) in [4.78, 5) is 24.2. The zero-order valence-corrected chi connectivity index (χ0v) is 18.1. The molecule has 2 aromatic heterocycles.